The maximum Gasteiger partial charge on any atom is 0.275 e. The number of fused-ring (bicyclic) bond motifs is 1. The van der Waals surface area contributed by atoms with Crippen molar-refractivity contribution in [2.75, 3.05) is 12.5 Å². The molecule has 0 aliphatic carbocycles. The number of pyridine rings is 1. The Morgan fingerprint density at radius 2 is 1.91 bits per heavy atom. The largest absolute Gasteiger partial charge is 0.497 e. The van der Waals surface area contributed by atoms with Crippen molar-refractivity contribution >= 4 is 22.5 Å². The second kappa shape index (κ2) is 6.23. The molecule has 1 aromatic heterocycles. The fourth-order valence-corrected chi connectivity index (χ4v) is 2.21. The fraction of sp³-hybridized carbons (Fsp3) is 0.0588. The fourth-order valence-electron chi connectivity index (χ4n) is 2.21. The first-order valence-corrected chi connectivity index (χ1v) is 7.00. The molecule has 0 bridgehead atoms. The summed E-state index contributed by atoms with van der Waals surface area (Å²) in [5, 5.41) is 0.400. The van der Waals surface area contributed by atoms with Gasteiger partial charge in [-0.3, -0.25) is 20.4 Å². The van der Waals surface area contributed by atoms with E-state index in [0.29, 0.717) is 16.7 Å². The predicted molar refractivity (Wildman–Crippen MR) is 88.7 cm³/mol. The van der Waals surface area contributed by atoms with Crippen LogP contribution >= 0.6 is 0 Å². The molecule has 1 amide bonds. The Morgan fingerprint density at radius 3 is 2.65 bits per heavy atom. The molecule has 0 radical (unpaired) electrons. The molecule has 0 unspecified atom stereocenters. The number of amides is 1. The minimum absolute atomic E-state index is 0.0224. The van der Waals surface area contributed by atoms with Gasteiger partial charge in [0.25, 0.3) is 5.91 Å². The average Bonchev–Trinajstić information content (AvgIpc) is 2.60. The first-order chi connectivity index (χ1) is 11.2. The number of hydrogen-bond acceptors (Lipinski definition) is 4. The van der Waals surface area contributed by atoms with Gasteiger partial charge < -0.3 is 9.72 Å². The first kappa shape index (κ1) is 14.6. The second-order valence-corrected chi connectivity index (χ2v) is 4.89. The minimum Gasteiger partial charge on any atom is -0.497 e. The molecule has 0 fully saturated rings. The number of rotatable bonds is 4. The van der Waals surface area contributed by atoms with Crippen LogP contribution in [0.25, 0.3) is 10.9 Å². The SMILES string of the molecule is COc1ccc2[nH]cc(C(=O)NNc3ccccc3)c(=O)c2c1. The third-order valence-electron chi connectivity index (χ3n) is 3.43. The van der Waals surface area contributed by atoms with Crippen LogP contribution in [0.2, 0.25) is 0 Å². The smallest absolute Gasteiger partial charge is 0.275 e. The highest BCUT2D eigenvalue weighted by Crippen LogP contribution is 2.16. The standard InChI is InChI=1S/C17H15N3O3/c1-23-12-7-8-15-13(9-12)16(21)14(10-18-15)17(22)20-19-11-5-3-2-4-6-11/h2-10,19H,1H3,(H,18,21)(H,20,22). The summed E-state index contributed by atoms with van der Waals surface area (Å²) in [5.74, 6) is 0.0443. The minimum atomic E-state index is -0.514. The number of para-hydroxylation sites is 1. The number of anilines is 1. The van der Waals surface area contributed by atoms with Gasteiger partial charge in [-0.2, -0.15) is 0 Å². The zero-order valence-electron chi connectivity index (χ0n) is 12.4. The second-order valence-electron chi connectivity index (χ2n) is 4.89. The maximum absolute atomic E-state index is 12.5. The zero-order chi connectivity index (χ0) is 16.2. The summed E-state index contributed by atoms with van der Waals surface area (Å²) >= 11 is 0. The number of H-pyrrole nitrogens is 1. The Kier molecular flexibility index (Phi) is 3.97. The number of aromatic amines is 1. The summed E-state index contributed by atoms with van der Waals surface area (Å²) in [6.45, 7) is 0. The monoisotopic (exact) mass is 309 g/mol. The van der Waals surface area contributed by atoms with E-state index in [9.17, 15) is 9.59 Å². The normalized spacial score (nSPS) is 10.3. The summed E-state index contributed by atoms with van der Waals surface area (Å²) < 4.78 is 5.12. The van der Waals surface area contributed by atoms with E-state index in [0.717, 1.165) is 5.69 Å². The van der Waals surface area contributed by atoms with E-state index in [2.05, 4.69) is 15.8 Å². The molecule has 0 saturated heterocycles. The summed E-state index contributed by atoms with van der Waals surface area (Å²) in [6, 6.07) is 14.2. The quantitative estimate of drug-likeness (QED) is 0.646. The van der Waals surface area contributed by atoms with Crippen LogP contribution in [0.15, 0.2) is 59.5 Å². The van der Waals surface area contributed by atoms with Crippen molar-refractivity contribution in [1.29, 1.82) is 0 Å². The van der Waals surface area contributed by atoms with Crippen LogP contribution in [0.5, 0.6) is 5.75 Å². The first-order valence-electron chi connectivity index (χ1n) is 7.00. The van der Waals surface area contributed by atoms with Crippen LogP contribution in [-0.4, -0.2) is 18.0 Å². The highest BCUT2D eigenvalue weighted by atomic mass is 16.5. The van der Waals surface area contributed by atoms with Gasteiger partial charge in [0.1, 0.15) is 11.3 Å². The number of benzene rings is 2. The van der Waals surface area contributed by atoms with Crippen LogP contribution < -0.4 is 21.0 Å². The van der Waals surface area contributed by atoms with Crippen LogP contribution in [0.1, 0.15) is 10.4 Å². The number of carbonyl (C=O) groups is 1. The maximum atomic E-state index is 12.5. The highest BCUT2D eigenvalue weighted by molar-refractivity contribution is 5.97. The van der Waals surface area contributed by atoms with Crippen molar-refractivity contribution in [3.63, 3.8) is 0 Å². The van der Waals surface area contributed by atoms with E-state index in [1.54, 1.807) is 30.3 Å². The van der Waals surface area contributed by atoms with Gasteiger partial charge in [0, 0.05) is 17.1 Å². The summed E-state index contributed by atoms with van der Waals surface area (Å²) in [5.41, 5.74) is 6.30. The van der Waals surface area contributed by atoms with E-state index in [1.165, 1.54) is 13.3 Å². The topological polar surface area (TPSA) is 83.2 Å². The number of aromatic nitrogens is 1. The molecule has 3 aromatic rings. The molecule has 1 heterocycles. The van der Waals surface area contributed by atoms with Gasteiger partial charge in [-0.15, -0.1) is 0 Å². The molecule has 0 saturated carbocycles. The van der Waals surface area contributed by atoms with Crippen molar-refractivity contribution in [1.82, 2.24) is 10.4 Å². The molecule has 0 atom stereocenters. The van der Waals surface area contributed by atoms with E-state index in [1.807, 2.05) is 18.2 Å². The van der Waals surface area contributed by atoms with Crippen molar-refractivity contribution in [3.05, 3.63) is 70.5 Å². The van der Waals surface area contributed by atoms with Crippen molar-refractivity contribution in [2.45, 2.75) is 0 Å². The van der Waals surface area contributed by atoms with E-state index in [4.69, 9.17) is 4.74 Å². The summed E-state index contributed by atoms with van der Waals surface area (Å²) in [4.78, 5) is 27.6. The number of hydrogen-bond donors (Lipinski definition) is 3. The molecule has 3 N–H and O–H groups in total. The third-order valence-corrected chi connectivity index (χ3v) is 3.43. The lowest BCUT2D eigenvalue weighted by atomic mass is 10.1. The number of nitrogens with one attached hydrogen (secondary N) is 3. The lowest BCUT2D eigenvalue weighted by Crippen LogP contribution is -2.33. The molecule has 0 spiro atoms. The van der Waals surface area contributed by atoms with Gasteiger partial charge in [0.2, 0.25) is 5.43 Å². The zero-order valence-corrected chi connectivity index (χ0v) is 12.4. The van der Waals surface area contributed by atoms with Gasteiger partial charge in [-0.05, 0) is 30.3 Å². The van der Waals surface area contributed by atoms with Crippen LogP contribution in [0, 0.1) is 0 Å². The lowest BCUT2D eigenvalue weighted by molar-refractivity contribution is 0.0961. The molecule has 6 nitrogen and oxygen atoms in total. The summed E-state index contributed by atoms with van der Waals surface area (Å²) in [7, 11) is 1.52. The van der Waals surface area contributed by atoms with Gasteiger partial charge in [-0.1, -0.05) is 18.2 Å². The molecule has 0 aliphatic rings. The van der Waals surface area contributed by atoms with Crippen LogP contribution in [-0.2, 0) is 0 Å². The molecular formula is C17H15N3O3. The number of carbonyl (C=O) groups excluding carboxylic acids is 1. The number of ether oxygens (including phenoxy) is 1. The van der Waals surface area contributed by atoms with Crippen LogP contribution in [0.3, 0.4) is 0 Å². The molecule has 23 heavy (non-hydrogen) atoms. The third kappa shape index (κ3) is 3.01. The van der Waals surface area contributed by atoms with Gasteiger partial charge in [-0.25, -0.2) is 0 Å². The number of methoxy groups -OCH3 is 1. The summed E-state index contributed by atoms with van der Waals surface area (Å²) in [6.07, 6.45) is 1.40. The van der Waals surface area contributed by atoms with Crippen molar-refractivity contribution < 1.29 is 9.53 Å². The van der Waals surface area contributed by atoms with Gasteiger partial charge >= 0.3 is 0 Å². The van der Waals surface area contributed by atoms with Crippen molar-refractivity contribution in [3.8, 4) is 5.75 Å². The molecule has 0 aliphatic heterocycles. The Morgan fingerprint density at radius 1 is 1.13 bits per heavy atom. The van der Waals surface area contributed by atoms with E-state index >= 15 is 0 Å². The molecule has 6 heteroatoms. The molecule has 3 rings (SSSR count). The highest BCUT2D eigenvalue weighted by Gasteiger charge is 2.13. The average molecular weight is 309 g/mol. The molecular weight excluding hydrogens is 294 g/mol. The predicted octanol–water partition coefficient (Wildman–Crippen LogP) is 2.29. The Balaban J connectivity index is 1.88. The Labute approximate surface area is 132 Å². The molecule has 2 aromatic carbocycles. The van der Waals surface area contributed by atoms with E-state index < -0.39 is 5.91 Å². The molecule has 116 valence electrons. The van der Waals surface area contributed by atoms with Gasteiger partial charge in [0.05, 0.1) is 12.8 Å². The van der Waals surface area contributed by atoms with Gasteiger partial charge in [0.15, 0.2) is 0 Å². The lowest BCUT2D eigenvalue weighted by Gasteiger charge is -2.09. The number of hydrazine groups is 1. The van der Waals surface area contributed by atoms with Crippen LogP contribution in [0.4, 0.5) is 5.69 Å². The Hall–Kier alpha value is -3.28. The van der Waals surface area contributed by atoms with E-state index in [-0.39, 0.29) is 11.0 Å². The Bertz CT molecular complexity index is 904. The van der Waals surface area contributed by atoms with Crippen molar-refractivity contribution in [2.24, 2.45) is 0 Å².